The highest BCUT2D eigenvalue weighted by Gasteiger charge is 2.16. The lowest BCUT2D eigenvalue weighted by molar-refractivity contribution is 0.0464. The first-order valence-electron chi connectivity index (χ1n) is 9.99. The Kier molecular flexibility index (Phi) is 5.54. The Balaban J connectivity index is 1.49. The van der Waals surface area contributed by atoms with Crippen LogP contribution in [0.25, 0.3) is 33.1 Å². The van der Waals surface area contributed by atoms with E-state index in [4.69, 9.17) is 27.9 Å². The molecular weight excluding hydrogens is 461 g/mol. The van der Waals surface area contributed by atoms with E-state index < -0.39 is 5.97 Å². The number of halogens is 2. The number of pyridine rings is 1. The molecule has 3 aromatic carbocycles. The van der Waals surface area contributed by atoms with E-state index in [2.05, 4.69) is 15.0 Å². The van der Waals surface area contributed by atoms with E-state index in [1.807, 2.05) is 36.4 Å². The Morgan fingerprint density at radius 2 is 1.61 bits per heavy atom. The van der Waals surface area contributed by atoms with Gasteiger partial charge in [-0.3, -0.25) is 4.79 Å². The first-order chi connectivity index (χ1) is 16.0. The van der Waals surface area contributed by atoms with Crippen LogP contribution in [0.2, 0.25) is 10.0 Å². The summed E-state index contributed by atoms with van der Waals surface area (Å²) in [6.45, 7) is -0.205. The molecule has 8 heteroatoms. The summed E-state index contributed by atoms with van der Waals surface area (Å²) in [7, 11) is 0. The molecular formula is C25H15Cl2N3O3. The van der Waals surface area contributed by atoms with Gasteiger partial charge in [0.1, 0.15) is 12.4 Å². The van der Waals surface area contributed by atoms with Crippen molar-refractivity contribution in [2.45, 2.75) is 6.61 Å². The number of hydrogen-bond donors (Lipinski definition) is 1. The second kappa shape index (κ2) is 8.65. The van der Waals surface area contributed by atoms with E-state index in [1.165, 1.54) is 0 Å². The van der Waals surface area contributed by atoms with Gasteiger partial charge in [-0.15, -0.1) is 0 Å². The van der Waals surface area contributed by atoms with Gasteiger partial charge in [-0.1, -0.05) is 53.5 Å². The lowest BCUT2D eigenvalue weighted by Gasteiger charge is -2.10. The topological polar surface area (TPSA) is 84.9 Å². The van der Waals surface area contributed by atoms with E-state index in [9.17, 15) is 9.59 Å². The standard InChI is InChI=1S/C25H15Cl2N3O3/c26-15-7-5-14(6-8-15)21-12-19(17-3-1-2-4-20(17)28-21)25(32)33-13-23-29-22-11-16(27)9-10-18(22)24(31)30-23/h1-12H,13H2,(H,29,30,31). The molecule has 0 fully saturated rings. The summed E-state index contributed by atoms with van der Waals surface area (Å²) < 4.78 is 5.51. The van der Waals surface area contributed by atoms with Crippen molar-refractivity contribution in [3.05, 3.63) is 105 Å². The third kappa shape index (κ3) is 4.31. The van der Waals surface area contributed by atoms with Gasteiger partial charge in [0.15, 0.2) is 0 Å². The lowest BCUT2D eigenvalue weighted by Crippen LogP contribution is -2.15. The van der Waals surface area contributed by atoms with E-state index in [0.29, 0.717) is 43.1 Å². The van der Waals surface area contributed by atoms with Gasteiger partial charge in [-0.05, 0) is 42.5 Å². The zero-order chi connectivity index (χ0) is 22.9. The highest BCUT2D eigenvalue weighted by molar-refractivity contribution is 6.31. The number of hydrogen-bond acceptors (Lipinski definition) is 5. The Morgan fingerprint density at radius 3 is 2.42 bits per heavy atom. The summed E-state index contributed by atoms with van der Waals surface area (Å²) in [4.78, 5) is 37.1. The lowest BCUT2D eigenvalue weighted by atomic mass is 10.0. The number of benzene rings is 3. The number of aromatic amines is 1. The van der Waals surface area contributed by atoms with Crippen LogP contribution in [0.5, 0.6) is 0 Å². The van der Waals surface area contributed by atoms with Gasteiger partial charge in [0, 0.05) is 21.0 Å². The van der Waals surface area contributed by atoms with Crippen LogP contribution in [-0.4, -0.2) is 20.9 Å². The highest BCUT2D eigenvalue weighted by atomic mass is 35.5. The molecule has 0 aliphatic rings. The van der Waals surface area contributed by atoms with Crippen molar-refractivity contribution in [1.82, 2.24) is 15.0 Å². The van der Waals surface area contributed by atoms with Crippen LogP contribution in [0.15, 0.2) is 77.6 Å². The van der Waals surface area contributed by atoms with Crippen LogP contribution in [-0.2, 0) is 11.3 Å². The smallest absolute Gasteiger partial charge is 0.339 e. The molecule has 2 aromatic heterocycles. The number of H-pyrrole nitrogens is 1. The Bertz CT molecular complexity index is 1580. The predicted molar refractivity (Wildman–Crippen MR) is 129 cm³/mol. The fourth-order valence-electron chi connectivity index (χ4n) is 3.55. The fourth-order valence-corrected chi connectivity index (χ4v) is 3.85. The van der Waals surface area contributed by atoms with Crippen molar-refractivity contribution >= 4 is 51.0 Å². The summed E-state index contributed by atoms with van der Waals surface area (Å²) in [5.41, 5.74) is 2.54. The largest absolute Gasteiger partial charge is 0.454 e. The predicted octanol–water partition coefficient (Wildman–Crippen LogP) is 5.80. The molecule has 0 atom stereocenters. The van der Waals surface area contributed by atoms with Crippen LogP contribution in [0.1, 0.15) is 16.2 Å². The van der Waals surface area contributed by atoms with Crippen LogP contribution < -0.4 is 5.56 Å². The molecule has 6 nitrogen and oxygen atoms in total. The SMILES string of the molecule is O=C(OCc1nc2cc(Cl)ccc2c(=O)[nH]1)c1cc(-c2ccc(Cl)cc2)nc2ccccc12. The Labute approximate surface area is 197 Å². The third-order valence-electron chi connectivity index (χ3n) is 5.13. The van der Waals surface area contributed by atoms with Gasteiger partial charge in [0.05, 0.1) is 27.7 Å². The number of fused-ring (bicyclic) bond motifs is 2. The molecule has 0 amide bonds. The van der Waals surface area contributed by atoms with E-state index in [-0.39, 0.29) is 18.0 Å². The van der Waals surface area contributed by atoms with Gasteiger partial charge in [-0.2, -0.15) is 0 Å². The molecule has 5 aromatic rings. The molecule has 0 spiro atoms. The Hall–Kier alpha value is -3.74. The van der Waals surface area contributed by atoms with Crippen molar-refractivity contribution < 1.29 is 9.53 Å². The maximum Gasteiger partial charge on any atom is 0.339 e. The number of esters is 1. The van der Waals surface area contributed by atoms with Gasteiger partial charge in [0.2, 0.25) is 0 Å². The number of rotatable bonds is 4. The minimum atomic E-state index is -0.558. The van der Waals surface area contributed by atoms with Crippen LogP contribution in [0, 0.1) is 0 Å². The highest BCUT2D eigenvalue weighted by Crippen LogP contribution is 2.26. The maximum absolute atomic E-state index is 13.1. The number of para-hydroxylation sites is 1. The summed E-state index contributed by atoms with van der Waals surface area (Å²) in [6, 6.07) is 21.0. The molecule has 0 saturated carbocycles. The summed E-state index contributed by atoms with van der Waals surface area (Å²) in [5.74, 6) is -0.336. The third-order valence-corrected chi connectivity index (χ3v) is 5.62. The second-order valence-corrected chi connectivity index (χ2v) is 8.20. The van der Waals surface area contributed by atoms with Crippen molar-refractivity contribution in [1.29, 1.82) is 0 Å². The number of nitrogens with zero attached hydrogens (tertiary/aromatic N) is 2. The number of nitrogens with one attached hydrogen (secondary N) is 1. The zero-order valence-electron chi connectivity index (χ0n) is 17.0. The molecule has 0 aliphatic heterocycles. The molecule has 0 radical (unpaired) electrons. The average molecular weight is 476 g/mol. The molecule has 162 valence electrons. The minimum absolute atomic E-state index is 0.205. The monoisotopic (exact) mass is 475 g/mol. The number of ether oxygens (including phenoxy) is 1. The number of aromatic nitrogens is 3. The van der Waals surface area contributed by atoms with Crippen LogP contribution in [0.4, 0.5) is 0 Å². The van der Waals surface area contributed by atoms with Gasteiger partial charge in [-0.25, -0.2) is 14.8 Å². The van der Waals surface area contributed by atoms with Crippen molar-refractivity contribution in [2.75, 3.05) is 0 Å². The number of carbonyl (C=O) groups excluding carboxylic acids is 1. The minimum Gasteiger partial charge on any atom is -0.454 e. The molecule has 33 heavy (non-hydrogen) atoms. The van der Waals surface area contributed by atoms with Gasteiger partial charge >= 0.3 is 5.97 Å². The van der Waals surface area contributed by atoms with Gasteiger partial charge in [0.25, 0.3) is 5.56 Å². The van der Waals surface area contributed by atoms with E-state index in [1.54, 1.807) is 36.4 Å². The normalized spacial score (nSPS) is 11.1. The average Bonchev–Trinajstić information content (AvgIpc) is 2.82. The maximum atomic E-state index is 13.1. The molecule has 0 aliphatic carbocycles. The zero-order valence-corrected chi connectivity index (χ0v) is 18.5. The first kappa shape index (κ1) is 21.1. The first-order valence-corrected chi connectivity index (χ1v) is 10.7. The summed E-state index contributed by atoms with van der Waals surface area (Å²) >= 11 is 12.0. The van der Waals surface area contributed by atoms with E-state index in [0.717, 1.165) is 5.56 Å². The molecule has 0 saturated heterocycles. The van der Waals surface area contributed by atoms with Crippen molar-refractivity contribution in [3.8, 4) is 11.3 Å². The molecule has 0 unspecified atom stereocenters. The Morgan fingerprint density at radius 1 is 0.848 bits per heavy atom. The van der Waals surface area contributed by atoms with Gasteiger partial charge < -0.3 is 9.72 Å². The second-order valence-electron chi connectivity index (χ2n) is 7.33. The van der Waals surface area contributed by atoms with Crippen LogP contribution >= 0.6 is 23.2 Å². The number of carbonyl (C=O) groups is 1. The van der Waals surface area contributed by atoms with Crippen LogP contribution in [0.3, 0.4) is 0 Å². The van der Waals surface area contributed by atoms with E-state index >= 15 is 0 Å². The fraction of sp³-hybridized carbons (Fsp3) is 0.0400. The molecule has 1 N–H and O–H groups in total. The summed E-state index contributed by atoms with van der Waals surface area (Å²) in [6.07, 6.45) is 0. The van der Waals surface area contributed by atoms with Crippen molar-refractivity contribution in [3.63, 3.8) is 0 Å². The molecule has 0 bridgehead atoms. The summed E-state index contributed by atoms with van der Waals surface area (Å²) in [5, 5.41) is 2.13. The molecule has 2 heterocycles. The molecule has 5 rings (SSSR count). The van der Waals surface area contributed by atoms with Crippen molar-refractivity contribution in [2.24, 2.45) is 0 Å². The quantitative estimate of drug-likeness (QED) is 0.332.